The molecule has 0 aliphatic rings. The van der Waals surface area contributed by atoms with E-state index in [1.165, 1.54) is 4.57 Å². The number of nitrogens with zero attached hydrogens (tertiary/aromatic N) is 2. The number of carbonyl (C=O) groups excluding carboxylic acids is 1. The van der Waals surface area contributed by atoms with Gasteiger partial charge in [-0.3, -0.25) is 9.36 Å². The fourth-order valence-electron chi connectivity index (χ4n) is 3.62. The smallest absolute Gasteiger partial charge is 0.336 e. The first kappa shape index (κ1) is 21.3. The molecule has 6 nitrogen and oxygen atoms in total. The molecule has 0 aliphatic heterocycles. The molecule has 0 atom stereocenters. The third-order valence-corrected chi connectivity index (χ3v) is 5.21. The number of rotatable bonds is 8. The molecule has 6 heteroatoms. The molecular formula is C24H26N2O4. The first-order valence-electron chi connectivity index (χ1n) is 10.2. The number of imidazole rings is 1. The highest BCUT2D eigenvalue weighted by Gasteiger charge is 2.20. The Bertz CT molecular complexity index is 1110. The quantitative estimate of drug-likeness (QED) is 0.599. The summed E-state index contributed by atoms with van der Waals surface area (Å²) >= 11 is 0. The number of hydrogen-bond donors (Lipinski definition) is 1. The Morgan fingerprint density at radius 1 is 1.00 bits per heavy atom. The van der Waals surface area contributed by atoms with Crippen LogP contribution in [0.2, 0.25) is 0 Å². The van der Waals surface area contributed by atoms with Crippen molar-refractivity contribution in [1.29, 1.82) is 0 Å². The van der Waals surface area contributed by atoms with Crippen LogP contribution in [0.25, 0.3) is 11.1 Å². The van der Waals surface area contributed by atoms with Crippen molar-refractivity contribution >= 4 is 11.9 Å². The Hall–Kier alpha value is -3.41. The van der Waals surface area contributed by atoms with Crippen LogP contribution in [0.3, 0.4) is 0 Å². The molecule has 2 aromatic carbocycles. The summed E-state index contributed by atoms with van der Waals surface area (Å²) in [7, 11) is 0. The zero-order valence-corrected chi connectivity index (χ0v) is 17.3. The number of unbranched alkanes of at least 4 members (excludes halogenated alkanes) is 1. The second-order valence-electron chi connectivity index (χ2n) is 7.22. The van der Waals surface area contributed by atoms with Gasteiger partial charge in [-0.2, -0.15) is 0 Å². The Labute approximate surface area is 175 Å². The third-order valence-electron chi connectivity index (χ3n) is 5.21. The van der Waals surface area contributed by atoms with Crippen LogP contribution in [-0.2, 0) is 13.0 Å². The Morgan fingerprint density at radius 3 is 2.37 bits per heavy atom. The van der Waals surface area contributed by atoms with E-state index in [4.69, 9.17) is 0 Å². The van der Waals surface area contributed by atoms with Crippen molar-refractivity contribution in [3.8, 4) is 11.1 Å². The molecule has 0 radical (unpaired) electrons. The minimum Gasteiger partial charge on any atom is -0.478 e. The number of carboxylic acid groups (broad SMARTS) is 1. The SMILES string of the molecule is CCCCC(=O)n1cc(CC)n(Cc2cccc(-c3ccccc3)c2C(=O)O)c1=O. The highest BCUT2D eigenvalue weighted by molar-refractivity contribution is 5.97. The van der Waals surface area contributed by atoms with Crippen LogP contribution >= 0.6 is 0 Å². The molecule has 0 saturated carbocycles. The maximum atomic E-state index is 13.0. The molecule has 0 aliphatic carbocycles. The topological polar surface area (TPSA) is 81.3 Å². The highest BCUT2D eigenvalue weighted by atomic mass is 16.4. The van der Waals surface area contributed by atoms with E-state index in [-0.39, 0.29) is 18.0 Å². The van der Waals surface area contributed by atoms with Gasteiger partial charge in [-0.1, -0.05) is 68.8 Å². The molecule has 1 heterocycles. The van der Waals surface area contributed by atoms with E-state index in [2.05, 4.69) is 0 Å². The van der Waals surface area contributed by atoms with Gasteiger partial charge in [0.05, 0.1) is 12.1 Å². The summed E-state index contributed by atoms with van der Waals surface area (Å²) in [6.45, 7) is 3.99. The van der Waals surface area contributed by atoms with Crippen molar-refractivity contribution in [2.75, 3.05) is 0 Å². The average molecular weight is 406 g/mol. The molecule has 0 amide bonds. The molecule has 156 valence electrons. The van der Waals surface area contributed by atoms with Crippen LogP contribution in [0.4, 0.5) is 0 Å². The molecular weight excluding hydrogens is 380 g/mol. The van der Waals surface area contributed by atoms with Crippen LogP contribution in [0, 0.1) is 0 Å². The lowest BCUT2D eigenvalue weighted by molar-refractivity contribution is 0.0696. The predicted molar refractivity (Wildman–Crippen MR) is 116 cm³/mol. The molecule has 0 unspecified atom stereocenters. The van der Waals surface area contributed by atoms with Gasteiger partial charge in [-0.25, -0.2) is 14.2 Å². The summed E-state index contributed by atoms with van der Waals surface area (Å²) in [4.78, 5) is 37.5. The number of carbonyl (C=O) groups is 2. The molecule has 0 fully saturated rings. The van der Waals surface area contributed by atoms with Gasteiger partial charge in [0.2, 0.25) is 5.91 Å². The molecule has 0 bridgehead atoms. The van der Waals surface area contributed by atoms with E-state index in [1.807, 2.05) is 44.2 Å². The van der Waals surface area contributed by atoms with Crippen molar-refractivity contribution in [3.05, 3.63) is 82.0 Å². The maximum absolute atomic E-state index is 13.0. The van der Waals surface area contributed by atoms with Gasteiger partial charge in [-0.05, 0) is 29.5 Å². The number of aromatic nitrogens is 2. The Balaban J connectivity index is 2.07. The fraction of sp³-hybridized carbons (Fsp3) is 0.292. The standard InChI is InChI=1S/C24H26N2O4/c1-3-5-14-21(27)26-16-19(4-2)25(24(26)30)15-18-12-9-13-20(22(18)23(28)29)17-10-7-6-8-11-17/h6-13,16H,3-5,14-15H2,1-2H3,(H,28,29). The molecule has 0 saturated heterocycles. The zero-order chi connectivity index (χ0) is 21.7. The zero-order valence-electron chi connectivity index (χ0n) is 17.3. The van der Waals surface area contributed by atoms with Crippen molar-refractivity contribution in [2.24, 2.45) is 0 Å². The fourth-order valence-corrected chi connectivity index (χ4v) is 3.62. The molecule has 3 aromatic rings. The van der Waals surface area contributed by atoms with E-state index < -0.39 is 11.7 Å². The molecule has 3 rings (SSSR count). The number of hydrogen-bond acceptors (Lipinski definition) is 3. The number of carboxylic acids is 1. The lowest BCUT2D eigenvalue weighted by Gasteiger charge is -2.13. The van der Waals surface area contributed by atoms with Crippen LogP contribution in [0.5, 0.6) is 0 Å². The van der Waals surface area contributed by atoms with E-state index in [0.29, 0.717) is 29.7 Å². The lowest BCUT2D eigenvalue weighted by atomic mass is 9.95. The first-order valence-corrected chi connectivity index (χ1v) is 10.2. The van der Waals surface area contributed by atoms with E-state index in [9.17, 15) is 19.5 Å². The molecule has 30 heavy (non-hydrogen) atoms. The lowest BCUT2D eigenvalue weighted by Crippen LogP contribution is -2.29. The van der Waals surface area contributed by atoms with Crippen LogP contribution in [0.15, 0.2) is 59.5 Å². The summed E-state index contributed by atoms with van der Waals surface area (Å²) in [5, 5.41) is 9.93. The predicted octanol–water partition coefficient (Wildman–Crippen LogP) is 4.46. The molecule has 1 aromatic heterocycles. The highest BCUT2D eigenvalue weighted by Crippen LogP contribution is 2.27. The van der Waals surface area contributed by atoms with Gasteiger partial charge in [0.1, 0.15) is 0 Å². The monoisotopic (exact) mass is 406 g/mol. The van der Waals surface area contributed by atoms with E-state index in [1.54, 1.807) is 24.4 Å². The third kappa shape index (κ3) is 4.27. The van der Waals surface area contributed by atoms with Crippen molar-refractivity contribution in [3.63, 3.8) is 0 Å². The number of aryl methyl sites for hydroxylation is 1. The van der Waals surface area contributed by atoms with Crippen LogP contribution < -0.4 is 5.69 Å². The van der Waals surface area contributed by atoms with Gasteiger partial charge < -0.3 is 5.11 Å². The summed E-state index contributed by atoms with van der Waals surface area (Å²) in [6.07, 6.45) is 4.05. The van der Waals surface area contributed by atoms with Crippen molar-refractivity contribution in [2.45, 2.75) is 46.1 Å². The second-order valence-corrected chi connectivity index (χ2v) is 7.22. The normalized spacial score (nSPS) is 10.9. The number of benzene rings is 2. The van der Waals surface area contributed by atoms with Crippen molar-refractivity contribution in [1.82, 2.24) is 9.13 Å². The Morgan fingerprint density at radius 2 is 1.73 bits per heavy atom. The maximum Gasteiger partial charge on any atom is 0.336 e. The van der Waals surface area contributed by atoms with Crippen molar-refractivity contribution < 1.29 is 14.7 Å². The summed E-state index contributed by atoms with van der Waals surface area (Å²) < 4.78 is 2.66. The first-order chi connectivity index (χ1) is 14.5. The molecule has 1 N–H and O–H groups in total. The van der Waals surface area contributed by atoms with E-state index in [0.717, 1.165) is 23.0 Å². The second kappa shape index (κ2) is 9.39. The van der Waals surface area contributed by atoms with Crippen LogP contribution in [0.1, 0.15) is 59.5 Å². The van der Waals surface area contributed by atoms with Crippen LogP contribution in [-0.4, -0.2) is 26.1 Å². The van der Waals surface area contributed by atoms with Gasteiger partial charge in [0, 0.05) is 18.3 Å². The van der Waals surface area contributed by atoms with Gasteiger partial charge in [0.15, 0.2) is 0 Å². The molecule has 0 spiro atoms. The van der Waals surface area contributed by atoms with Gasteiger partial charge >= 0.3 is 11.7 Å². The minimum atomic E-state index is -1.05. The summed E-state index contributed by atoms with van der Waals surface area (Å²) in [5.41, 5.74) is 2.38. The Kier molecular flexibility index (Phi) is 6.67. The summed E-state index contributed by atoms with van der Waals surface area (Å²) in [5.74, 6) is -1.28. The van der Waals surface area contributed by atoms with Gasteiger partial charge in [0.25, 0.3) is 0 Å². The number of aromatic carboxylic acids is 1. The van der Waals surface area contributed by atoms with Gasteiger partial charge in [-0.15, -0.1) is 0 Å². The van der Waals surface area contributed by atoms with E-state index >= 15 is 0 Å². The average Bonchev–Trinajstić information content (AvgIpc) is 3.07. The summed E-state index contributed by atoms with van der Waals surface area (Å²) in [6, 6.07) is 14.6. The largest absolute Gasteiger partial charge is 0.478 e. The minimum absolute atomic E-state index is 0.0956.